The van der Waals surface area contributed by atoms with E-state index in [1.807, 2.05) is 24.3 Å². The van der Waals surface area contributed by atoms with E-state index in [9.17, 15) is 4.79 Å². The highest BCUT2D eigenvalue weighted by molar-refractivity contribution is 8.00. The number of esters is 1. The van der Waals surface area contributed by atoms with Crippen molar-refractivity contribution in [1.29, 1.82) is 0 Å². The van der Waals surface area contributed by atoms with Gasteiger partial charge >= 0.3 is 5.97 Å². The van der Waals surface area contributed by atoms with Gasteiger partial charge in [0.2, 0.25) is 0 Å². The maximum atomic E-state index is 12.6. The molecule has 3 aromatic carbocycles. The zero-order valence-corrected chi connectivity index (χ0v) is 15.8. The van der Waals surface area contributed by atoms with Crippen molar-refractivity contribution in [1.82, 2.24) is 0 Å². The third-order valence-corrected chi connectivity index (χ3v) is 6.42. The summed E-state index contributed by atoms with van der Waals surface area (Å²) in [6.07, 6.45) is 3.28. The molecule has 2 nitrogen and oxygen atoms in total. The van der Waals surface area contributed by atoms with Crippen LogP contribution in [0.5, 0.6) is 0 Å². The van der Waals surface area contributed by atoms with Gasteiger partial charge in [-0.25, -0.2) is 0 Å². The Morgan fingerprint density at radius 2 is 1.56 bits per heavy atom. The average molecular weight is 372 g/mol. The second-order valence-electron chi connectivity index (χ2n) is 7.12. The Bertz CT molecular complexity index is 979. The lowest BCUT2D eigenvalue weighted by Crippen LogP contribution is -2.12. The first-order valence-corrected chi connectivity index (χ1v) is 10.4. The van der Waals surface area contributed by atoms with E-state index in [1.54, 1.807) is 11.8 Å². The molecule has 0 bridgehead atoms. The zero-order valence-electron chi connectivity index (χ0n) is 15.0. The summed E-state index contributed by atoms with van der Waals surface area (Å²) in [7, 11) is 0. The Labute approximate surface area is 163 Å². The summed E-state index contributed by atoms with van der Waals surface area (Å²) >= 11 is 1.57. The molecule has 27 heavy (non-hydrogen) atoms. The number of thioether (sulfide) groups is 1. The van der Waals surface area contributed by atoms with Crippen molar-refractivity contribution in [2.45, 2.75) is 30.3 Å². The van der Waals surface area contributed by atoms with Crippen molar-refractivity contribution in [3.63, 3.8) is 0 Å². The monoisotopic (exact) mass is 372 g/mol. The van der Waals surface area contributed by atoms with Gasteiger partial charge in [-0.3, -0.25) is 4.79 Å². The molecule has 0 N–H and O–H groups in total. The molecule has 0 radical (unpaired) electrons. The minimum Gasteiger partial charge on any atom is -0.452 e. The summed E-state index contributed by atoms with van der Waals surface area (Å²) in [6, 6.07) is 23.0. The summed E-state index contributed by atoms with van der Waals surface area (Å²) in [5, 5.41) is 0. The average Bonchev–Trinajstić information content (AvgIpc) is 3.30. The first-order chi connectivity index (χ1) is 13.3. The van der Waals surface area contributed by atoms with Crippen LogP contribution >= 0.6 is 11.8 Å². The number of hydrogen-bond acceptors (Lipinski definition) is 3. The van der Waals surface area contributed by atoms with Gasteiger partial charge in [-0.15, -0.1) is 11.8 Å². The molecule has 5 rings (SSSR count). The number of carbonyl (C=O) groups is 1. The minimum atomic E-state index is -0.300. The predicted octanol–water partition coefficient (Wildman–Crippen LogP) is 5.58. The van der Waals surface area contributed by atoms with Gasteiger partial charge < -0.3 is 4.74 Å². The van der Waals surface area contributed by atoms with Crippen LogP contribution in [0.2, 0.25) is 0 Å². The molecule has 0 saturated heterocycles. The Morgan fingerprint density at radius 3 is 2.30 bits per heavy atom. The molecule has 0 fully saturated rings. The topological polar surface area (TPSA) is 26.3 Å². The summed E-state index contributed by atoms with van der Waals surface area (Å²) in [4.78, 5) is 13.7. The van der Waals surface area contributed by atoms with Gasteiger partial charge in [0, 0.05) is 16.0 Å². The van der Waals surface area contributed by atoms with E-state index < -0.39 is 0 Å². The highest BCUT2D eigenvalue weighted by atomic mass is 32.2. The normalized spacial score (nSPS) is 14.5. The van der Waals surface area contributed by atoms with Crippen LogP contribution in [0, 0.1) is 0 Å². The number of aryl methyl sites for hydroxylation is 2. The van der Waals surface area contributed by atoms with Crippen molar-refractivity contribution in [3.05, 3.63) is 89.0 Å². The van der Waals surface area contributed by atoms with E-state index in [0.29, 0.717) is 5.75 Å². The zero-order chi connectivity index (χ0) is 18.2. The lowest BCUT2D eigenvalue weighted by molar-refractivity contribution is -0.144. The summed E-state index contributed by atoms with van der Waals surface area (Å²) < 4.78 is 5.92. The fourth-order valence-corrected chi connectivity index (χ4v) is 4.92. The molecule has 3 aromatic rings. The number of benzene rings is 3. The lowest BCUT2D eigenvalue weighted by atomic mass is 10.1. The molecule has 0 saturated carbocycles. The lowest BCUT2D eigenvalue weighted by Gasteiger charge is -2.15. The van der Waals surface area contributed by atoms with E-state index in [2.05, 4.69) is 42.5 Å². The highest BCUT2D eigenvalue weighted by Gasteiger charge is 2.30. The maximum Gasteiger partial charge on any atom is 0.317 e. The third-order valence-electron chi connectivity index (χ3n) is 5.45. The SMILES string of the molecule is O=C(CSc1ccc2c(c1)CCC2)OC1c2ccccc2-c2ccccc21. The molecular weight excluding hydrogens is 352 g/mol. The fraction of sp³-hybridized carbons (Fsp3) is 0.208. The van der Waals surface area contributed by atoms with Crippen LogP contribution in [-0.2, 0) is 22.4 Å². The fourth-order valence-electron chi connectivity index (χ4n) is 4.18. The molecule has 0 amide bonds. The quantitative estimate of drug-likeness (QED) is 0.442. The first kappa shape index (κ1) is 16.6. The smallest absolute Gasteiger partial charge is 0.317 e. The second-order valence-corrected chi connectivity index (χ2v) is 8.17. The molecule has 0 spiro atoms. The Balaban J connectivity index is 1.31. The van der Waals surface area contributed by atoms with Crippen LogP contribution in [0.15, 0.2) is 71.6 Å². The van der Waals surface area contributed by atoms with Crippen molar-refractivity contribution >= 4 is 17.7 Å². The van der Waals surface area contributed by atoms with E-state index >= 15 is 0 Å². The molecule has 3 heteroatoms. The molecule has 2 aliphatic rings. The number of hydrogen-bond donors (Lipinski definition) is 0. The Morgan fingerprint density at radius 1 is 0.889 bits per heavy atom. The molecular formula is C24H20O2S. The van der Waals surface area contributed by atoms with Crippen molar-refractivity contribution in [2.24, 2.45) is 0 Å². The van der Waals surface area contributed by atoms with E-state index in [4.69, 9.17) is 4.74 Å². The van der Waals surface area contributed by atoms with Gasteiger partial charge in [0.25, 0.3) is 0 Å². The highest BCUT2D eigenvalue weighted by Crippen LogP contribution is 2.45. The number of rotatable bonds is 4. The molecule has 134 valence electrons. The van der Waals surface area contributed by atoms with E-state index in [0.717, 1.165) is 33.6 Å². The van der Waals surface area contributed by atoms with Crippen molar-refractivity contribution in [2.75, 3.05) is 5.75 Å². The van der Waals surface area contributed by atoms with Gasteiger partial charge in [0.1, 0.15) is 0 Å². The van der Waals surface area contributed by atoms with Gasteiger partial charge in [0.15, 0.2) is 6.10 Å². The summed E-state index contributed by atoms with van der Waals surface area (Å²) in [6.45, 7) is 0. The molecule has 0 aliphatic heterocycles. The van der Waals surface area contributed by atoms with Crippen LogP contribution < -0.4 is 0 Å². The molecule has 2 aliphatic carbocycles. The largest absolute Gasteiger partial charge is 0.452 e. The first-order valence-electron chi connectivity index (χ1n) is 9.42. The van der Waals surface area contributed by atoms with Crippen LogP contribution in [0.4, 0.5) is 0 Å². The summed E-state index contributed by atoms with van der Waals surface area (Å²) in [5.41, 5.74) is 7.38. The standard InChI is InChI=1S/C24H20O2S/c25-23(15-27-18-13-12-16-6-5-7-17(16)14-18)26-24-21-10-3-1-8-19(21)20-9-2-4-11-22(20)24/h1-4,8-14,24H,5-7,15H2. The van der Waals surface area contributed by atoms with Crippen LogP contribution in [0.25, 0.3) is 11.1 Å². The van der Waals surface area contributed by atoms with Crippen LogP contribution in [0.1, 0.15) is 34.8 Å². The minimum absolute atomic E-state index is 0.169. The van der Waals surface area contributed by atoms with Gasteiger partial charge in [-0.2, -0.15) is 0 Å². The molecule has 0 aromatic heterocycles. The predicted molar refractivity (Wildman–Crippen MR) is 109 cm³/mol. The second kappa shape index (κ2) is 6.90. The van der Waals surface area contributed by atoms with E-state index in [1.165, 1.54) is 24.0 Å². The van der Waals surface area contributed by atoms with Gasteiger partial charge in [0.05, 0.1) is 5.75 Å². The molecule has 0 heterocycles. The number of ether oxygens (including phenoxy) is 1. The van der Waals surface area contributed by atoms with Gasteiger partial charge in [-0.1, -0.05) is 54.6 Å². The number of carbonyl (C=O) groups excluding carboxylic acids is 1. The van der Waals surface area contributed by atoms with Crippen molar-refractivity contribution < 1.29 is 9.53 Å². The van der Waals surface area contributed by atoms with Crippen LogP contribution in [0.3, 0.4) is 0 Å². The Hall–Kier alpha value is -2.52. The van der Waals surface area contributed by atoms with Crippen molar-refractivity contribution in [3.8, 4) is 11.1 Å². The molecule has 0 atom stereocenters. The third kappa shape index (κ3) is 3.06. The molecule has 0 unspecified atom stereocenters. The van der Waals surface area contributed by atoms with Crippen LogP contribution in [-0.4, -0.2) is 11.7 Å². The van der Waals surface area contributed by atoms with Gasteiger partial charge in [-0.05, 0) is 53.6 Å². The van der Waals surface area contributed by atoms with E-state index in [-0.39, 0.29) is 12.1 Å². The summed E-state index contributed by atoms with van der Waals surface area (Å²) in [5.74, 6) is 0.164. The number of fused-ring (bicyclic) bond motifs is 4. The Kier molecular flexibility index (Phi) is 4.25. The maximum absolute atomic E-state index is 12.6.